The standard InChI is InChI=1S/C16H22N4O2.ClH/c1-11-13(16(21)18-5-6-22-2)3-4-15-14(11)10-20(19-15)9-12-7-17-8-12;/h3-4,10,12,17H,5-9H2,1-2H3,(H,18,21);1H. The van der Waals surface area contributed by atoms with Crippen LogP contribution in [0.2, 0.25) is 0 Å². The van der Waals surface area contributed by atoms with Crippen LogP contribution < -0.4 is 10.6 Å². The van der Waals surface area contributed by atoms with Gasteiger partial charge in [0.05, 0.1) is 12.1 Å². The van der Waals surface area contributed by atoms with Gasteiger partial charge in [-0.1, -0.05) is 0 Å². The Bertz CT molecular complexity index is 682. The number of benzene rings is 1. The van der Waals surface area contributed by atoms with E-state index in [1.807, 2.05) is 23.7 Å². The van der Waals surface area contributed by atoms with Crippen LogP contribution in [0.25, 0.3) is 10.9 Å². The van der Waals surface area contributed by atoms with Crippen molar-refractivity contribution in [2.75, 3.05) is 33.4 Å². The van der Waals surface area contributed by atoms with Crippen LogP contribution >= 0.6 is 12.4 Å². The lowest BCUT2D eigenvalue weighted by atomic mass is 10.0. The summed E-state index contributed by atoms with van der Waals surface area (Å²) < 4.78 is 6.95. The van der Waals surface area contributed by atoms with Gasteiger partial charge in [0.1, 0.15) is 0 Å². The van der Waals surface area contributed by atoms with Crippen LogP contribution in [-0.4, -0.2) is 49.0 Å². The van der Waals surface area contributed by atoms with E-state index in [9.17, 15) is 4.79 Å². The average Bonchev–Trinajstić information content (AvgIpc) is 2.87. The number of carbonyl (C=O) groups is 1. The van der Waals surface area contributed by atoms with Crippen molar-refractivity contribution in [2.24, 2.45) is 5.92 Å². The topological polar surface area (TPSA) is 68.2 Å². The van der Waals surface area contributed by atoms with Crippen molar-refractivity contribution in [1.82, 2.24) is 20.4 Å². The number of carbonyl (C=O) groups excluding carboxylic acids is 1. The van der Waals surface area contributed by atoms with Crippen molar-refractivity contribution in [3.05, 3.63) is 29.5 Å². The molecule has 1 aliphatic rings. The maximum Gasteiger partial charge on any atom is 0.251 e. The number of hydrogen-bond donors (Lipinski definition) is 2. The van der Waals surface area contributed by atoms with E-state index in [0.29, 0.717) is 24.6 Å². The zero-order valence-electron chi connectivity index (χ0n) is 13.5. The second-order valence-corrected chi connectivity index (χ2v) is 5.80. The predicted octanol–water partition coefficient (Wildman–Crippen LogP) is 1.36. The molecule has 1 fully saturated rings. The van der Waals surface area contributed by atoms with Gasteiger partial charge < -0.3 is 15.4 Å². The Hall–Kier alpha value is -1.63. The fourth-order valence-electron chi connectivity index (χ4n) is 2.72. The molecule has 0 atom stereocenters. The smallest absolute Gasteiger partial charge is 0.251 e. The lowest BCUT2D eigenvalue weighted by Gasteiger charge is -2.26. The minimum atomic E-state index is -0.0626. The molecule has 1 aromatic heterocycles. The SMILES string of the molecule is COCCNC(=O)c1ccc2nn(CC3CNC3)cc2c1C.Cl. The number of nitrogens with one attached hydrogen (secondary N) is 2. The van der Waals surface area contributed by atoms with E-state index in [0.717, 1.165) is 36.1 Å². The maximum absolute atomic E-state index is 12.2. The number of ether oxygens (including phenoxy) is 1. The number of aryl methyl sites for hydroxylation is 1. The number of rotatable bonds is 6. The van der Waals surface area contributed by atoms with Gasteiger partial charge in [-0.25, -0.2) is 0 Å². The Labute approximate surface area is 142 Å². The molecule has 0 radical (unpaired) electrons. The molecular weight excluding hydrogens is 316 g/mol. The third kappa shape index (κ3) is 3.83. The predicted molar refractivity (Wildman–Crippen MR) is 92.3 cm³/mol. The highest BCUT2D eigenvalue weighted by Gasteiger charge is 2.18. The molecule has 2 N–H and O–H groups in total. The fraction of sp³-hybridized carbons (Fsp3) is 0.500. The molecule has 0 spiro atoms. The number of halogens is 1. The molecule has 0 aliphatic carbocycles. The van der Waals surface area contributed by atoms with Gasteiger partial charge in [0, 0.05) is 56.4 Å². The van der Waals surface area contributed by atoms with Gasteiger partial charge in [0.25, 0.3) is 5.91 Å². The Kier molecular flexibility index (Phi) is 5.98. The van der Waals surface area contributed by atoms with Gasteiger partial charge >= 0.3 is 0 Å². The minimum Gasteiger partial charge on any atom is -0.383 e. The molecule has 1 aliphatic heterocycles. The molecule has 1 saturated heterocycles. The van der Waals surface area contributed by atoms with Crippen molar-refractivity contribution >= 4 is 29.2 Å². The second-order valence-electron chi connectivity index (χ2n) is 5.80. The molecular formula is C16H23ClN4O2. The highest BCUT2D eigenvalue weighted by Crippen LogP contribution is 2.21. The first-order chi connectivity index (χ1) is 10.7. The number of fused-ring (bicyclic) bond motifs is 1. The highest BCUT2D eigenvalue weighted by molar-refractivity contribution is 6.00. The van der Waals surface area contributed by atoms with Gasteiger partial charge in [0.2, 0.25) is 0 Å². The zero-order chi connectivity index (χ0) is 15.5. The Morgan fingerprint density at radius 3 is 2.91 bits per heavy atom. The van der Waals surface area contributed by atoms with Crippen LogP contribution in [-0.2, 0) is 11.3 Å². The minimum absolute atomic E-state index is 0. The van der Waals surface area contributed by atoms with Crippen LogP contribution in [0.3, 0.4) is 0 Å². The van der Waals surface area contributed by atoms with E-state index < -0.39 is 0 Å². The normalized spacial score (nSPS) is 14.3. The molecule has 3 rings (SSSR count). The van der Waals surface area contributed by atoms with Gasteiger partial charge in [-0.05, 0) is 24.6 Å². The maximum atomic E-state index is 12.2. The Balaban J connectivity index is 0.00000192. The molecule has 2 aromatic rings. The number of amides is 1. The summed E-state index contributed by atoms with van der Waals surface area (Å²) in [7, 11) is 1.62. The first-order valence-corrected chi connectivity index (χ1v) is 7.63. The molecule has 1 amide bonds. The first-order valence-electron chi connectivity index (χ1n) is 7.63. The van der Waals surface area contributed by atoms with Crippen LogP contribution in [0.4, 0.5) is 0 Å². The van der Waals surface area contributed by atoms with Gasteiger partial charge in [0.15, 0.2) is 0 Å². The number of aromatic nitrogens is 2. The molecule has 6 nitrogen and oxygen atoms in total. The number of hydrogen-bond acceptors (Lipinski definition) is 4. The zero-order valence-corrected chi connectivity index (χ0v) is 14.3. The molecule has 0 bridgehead atoms. The Morgan fingerprint density at radius 2 is 2.26 bits per heavy atom. The molecule has 0 unspecified atom stereocenters. The number of nitrogens with zero attached hydrogens (tertiary/aromatic N) is 2. The van der Waals surface area contributed by atoms with Crippen LogP contribution in [0.5, 0.6) is 0 Å². The van der Waals surface area contributed by atoms with Crippen LogP contribution in [0, 0.1) is 12.8 Å². The summed E-state index contributed by atoms with van der Waals surface area (Å²) in [5, 5.41) is 11.8. The fourth-order valence-corrected chi connectivity index (χ4v) is 2.72. The molecule has 2 heterocycles. The summed E-state index contributed by atoms with van der Waals surface area (Å²) >= 11 is 0. The molecule has 1 aromatic carbocycles. The van der Waals surface area contributed by atoms with Crippen LogP contribution in [0.1, 0.15) is 15.9 Å². The number of methoxy groups -OCH3 is 1. The third-order valence-electron chi connectivity index (χ3n) is 4.15. The van der Waals surface area contributed by atoms with Crippen molar-refractivity contribution in [3.8, 4) is 0 Å². The average molecular weight is 339 g/mol. The highest BCUT2D eigenvalue weighted by atomic mass is 35.5. The second kappa shape index (κ2) is 7.77. The summed E-state index contributed by atoms with van der Waals surface area (Å²) in [5.41, 5.74) is 2.62. The monoisotopic (exact) mass is 338 g/mol. The van der Waals surface area contributed by atoms with E-state index >= 15 is 0 Å². The molecule has 0 saturated carbocycles. The largest absolute Gasteiger partial charge is 0.383 e. The van der Waals surface area contributed by atoms with Crippen molar-refractivity contribution in [2.45, 2.75) is 13.5 Å². The molecule has 23 heavy (non-hydrogen) atoms. The van der Waals surface area contributed by atoms with Crippen molar-refractivity contribution in [3.63, 3.8) is 0 Å². The van der Waals surface area contributed by atoms with Gasteiger partial charge in [-0.15, -0.1) is 12.4 Å². The quantitative estimate of drug-likeness (QED) is 0.780. The van der Waals surface area contributed by atoms with Crippen molar-refractivity contribution in [1.29, 1.82) is 0 Å². The lowest BCUT2D eigenvalue weighted by molar-refractivity contribution is 0.0936. The van der Waals surface area contributed by atoms with E-state index in [1.165, 1.54) is 0 Å². The summed E-state index contributed by atoms with van der Waals surface area (Å²) in [5.74, 6) is 0.596. The molecule has 7 heteroatoms. The van der Waals surface area contributed by atoms with Gasteiger partial charge in [-0.2, -0.15) is 5.10 Å². The summed E-state index contributed by atoms with van der Waals surface area (Å²) in [6, 6.07) is 3.77. The van der Waals surface area contributed by atoms with Crippen molar-refractivity contribution < 1.29 is 9.53 Å². The van der Waals surface area contributed by atoms with E-state index in [2.05, 4.69) is 21.9 Å². The van der Waals surface area contributed by atoms with E-state index in [-0.39, 0.29) is 18.3 Å². The summed E-state index contributed by atoms with van der Waals surface area (Å²) in [4.78, 5) is 12.2. The van der Waals surface area contributed by atoms with E-state index in [1.54, 1.807) is 7.11 Å². The molecule has 126 valence electrons. The van der Waals surface area contributed by atoms with E-state index in [4.69, 9.17) is 4.74 Å². The van der Waals surface area contributed by atoms with Crippen LogP contribution in [0.15, 0.2) is 18.3 Å². The third-order valence-corrected chi connectivity index (χ3v) is 4.15. The first kappa shape index (κ1) is 17.7. The summed E-state index contributed by atoms with van der Waals surface area (Å²) in [6.07, 6.45) is 2.05. The Morgan fingerprint density at radius 1 is 1.48 bits per heavy atom. The van der Waals surface area contributed by atoms with Gasteiger partial charge in [-0.3, -0.25) is 9.48 Å². The lowest BCUT2D eigenvalue weighted by Crippen LogP contribution is -2.44. The summed E-state index contributed by atoms with van der Waals surface area (Å²) in [6.45, 7) is 6.05.